The summed E-state index contributed by atoms with van der Waals surface area (Å²) in [5, 5.41) is 3.55. The molecule has 0 amide bonds. The van der Waals surface area contributed by atoms with E-state index < -0.39 is 0 Å². The SMILES string of the molecule is CCN1CCN([C@H]2CNCc3c(OC)ccc(OC)c32)CC1. The van der Waals surface area contributed by atoms with Crippen molar-refractivity contribution in [2.75, 3.05) is 53.5 Å². The highest BCUT2D eigenvalue weighted by atomic mass is 16.5. The van der Waals surface area contributed by atoms with Crippen molar-refractivity contribution < 1.29 is 9.47 Å². The monoisotopic (exact) mass is 305 g/mol. The molecule has 0 saturated carbocycles. The predicted molar refractivity (Wildman–Crippen MR) is 87.7 cm³/mol. The van der Waals surface area contributed by atoms with E-state index in [1.165, 1.54) is 11.1 Å². The predicted octanol–water partition coefficient (Wildman–Crippen LogP) is 1.49. The molecule has 2 heterocycles. The average molecular weight is 305 g/mol. The largest absolute Gasteiger partial charge is 0.496 e. The minimum atomic E-state index is 0.368. The fourth-order valence-electron chi connectivity index (χ4n) is 3.68. The van der Waals surface area contributed by atoms with E-state index in [9.17, 15) is 0 Å². The number of hydrogen-bond donors (Lipinski definition) is 1. The normalized spacial score (nSPS) is 23.1. The number of ether oxygens (including phenoxy) is 2. The molecule has 3 rings (SSSR count). The molecule has 1 atom stereocenters. The summed E-state index contributed by atoms with van der Waals surface area (Å²) < 4.78 is 11.2. The molecule has 0 spiro atoms. The van der Waals surface area contributed by atoms with E-state index in [0.717, 1.165) is 57.3 Å². The Balaban J connectivity index is 1.90. The zero-order valence-corrected chi connectivity index (χ0v) is 13.9. The summed E-state index contributed by atoms with van der Waals surface area (Å²) in [6, 6.07) is 4.42. The molecule has 2 aliphatic heterocycles. The second kappa shape index (κ2) is 6.86. The van der Waals surface area contributed by atoms with Gasteiger partial charge in [0.25, 0.3) is 0 Å². The fourth-order valence-corrected chi connectivity index (χ4v) is 3.68. The smallest absolute Gasteiger partial charge is 0.124 e. The van der Waals surface area contributed by atoms with Gasteiger partial charge in [-0.2, -0.15) is 0 Å². The Morgan fingerprint density at radius 3 is 2.41 bits per heavy atom. The maximum atomic E-state index is 5.66. The van der Waals surface area contributed by atoms with Crippen LogP contribution in [-0.4, -0.2) is 63.3 Å². The summed E-state index contributed by atoms with van der Waals surface area (Å²) in [5.41, 5.74) is 2.56. The number of rotatable bonds is 4. The van der Waals surface area contributed by atoms with Crippen LogP contribution in [0, 0.1) is 0 Å². The van der Waals surface area contributed by atoms with Crippen molar-refractivity contribution >= 4 is 0 Å². The van der Waals surface area contributed by atoms with Crippen LogP contribution < -0.4 is 14.8 Å². The number of hydrogen-bond acceptors (Lipinski definition) is 5. The van der Waals surface area contributed by atoms with E-state index in [0.29, 0.717) is 6.04 Å². The lowest BCUT2D eigenvalue weighted by atomic mass is 9.93. The van der Waals surface area contributed by atoms with Crippen LogP contribution in [0.3, 0.4) is 0 Å². The third kappa shape index (κ3) is 2.81. The molecule has 5 heteroatoms. The van der Waals surface area contributed by atoms with Gasteiger partial charge >= 0.3 is 0 Å². The molecule has 0 bridgehead atoms. The highest BCUT2D eigenvalue weighted by Crippen LogP contribution is 2.39. The highest BCUT2D eigenvalue weighted by molar-refractivity contribution is 5.51. The molecule has 1 aromatic carbocycles. The molecular weight excluding hydrogens is 278 g/mol. The molecule has 1 fully saturated rings. The van der Waals surface area contributed by atoms with Gasteiger partial charge in [0, 0.05) is 50.4 Å². The van der Waals surface area contributed by atoms with Gasteiger partial charge in [0.2, 0.25) is 0 Å². The maximum Gasteiger partial charge on any atom is 0.124 e. The van der Waals surface area contributed by atoms with Gasteiger partial charge in [-0.25, -0.2) is 0 Å². The van der Waals surface area contributed by atoms with Gasteiger partial charge in [0.05, 0.1) is 20.3 Å². The molecule has 0 aliphatic carbocycles. The molecule has 122 valence electrons. The van der Waals surface area contributed by atoms with E-state index >= 15 is 0 Å². The van der Waals surface area contributed by atoms with Crippen LogP contribution in [0.2, 0.25) is 0 Å². The van der Waals surface area contributed by atoms with E-state index in [2.05, 4.69) is 22.0 Å². The third-order valence-electron chi connectivity index (χ3n) is 4.98. The highest BCUT2D eigenvalue weighted by Gasteiger charge is 2.32. The molecule has 1 aromatic rings. The molecule has 1 N–H and O–H groups in total. The van der Waals surface area contributed by atoms with Crippen LogP contribution in [0.15, 0.2) is 12.1 Å². The van der Waals surface area contributed by atoms with Crippen LogP contribution in [0.5, 0.6) is 11.5 Å². The minimum Gasteiger partial charge on any atom is -0.496 e. The summed E-state index contributed by atoms with van der Waals surface area (Å²) >= 11 is 0. The number of likely N-dealkylation sites (N-methyl/N-ethyl adjacent to an activating group) is 1. The van der Waals surface area contributed by atoms with Crippen LogP contribution in [-0.2, 0) is 6.54 Å². The fraction of sp³-hybridized carbons (Fsp3) is 0.647. The van der Waals surface area contributed by atoms with Gasteiger partial charge in [0.1, 0.15) is 11.5 Å². The van der Waals surface area contributed by atoms with Crippen LogP contribution in [0.1, 0.15) is 24.1 Å². The van der Waals surface area contributed by atoms with Crippen LogP contribution in [0.25, 0.3) is 0 Å². The number of nitrogens with zero attached hydrogens (tertiary/aromatic N) is 2. The van der Waals surface area contributed by atoms with Crippen molar-refractivity contribution in [3.8, 4) is 11.5 Å². The summed E-state index contributed by atoms with van der Waals surface area (Å²) in [7, 11) is 3.50. The third-order valence-corrected chi connectivity index (χ3v) is 4.98. The first-order chi connectivity index (χ1) is 10.8. The van der Waals surface area contributed by atoms with E-state index in [-0.39, 0.29) is 0 Å². The van der Waals surface area contributed by atoms with E-state index in [1.54, 1.807) is 14.2 Å². The lowest BCUT2D eigenvalue weighted by molar-refractivity contribution is 0.0933. The number of fused-ring (bicyclic) bond motifs is 1. The van der Waals surface area contributed by atoms with Gasteiger partial charge in [-0.1, -0.05) is 6.92 Å². The maximum absolute atomic E-state index is 5.66. The van der Waals surface area contributed by atoms with Crippen LogP contribution >= 0.6 is 0 Å². The standard InChI is InChI=1S/C17H27N3O2/c1-4-19-7-9-20(10-8-19)14-12-18-11-13-15(21-2)5-6-16(22-3)17(13)14/h5-6,14,18H,4,7-12H2,1-3H3/t14-/m0/s1. The van der Waals surface area contributed by atoms with Gasteiger partial charge in [-0.05, 0) is 18.7 Å². The molecule has 0 aromatic heterocycles. The molecule has 5 nitrogen and oxygen atoms in total. The van der Waals surface area contributed by atoms with Crippen molar-refractivity contribution in [1.29, 1.82) is 0 Å². The number of nitrogens with one attached hydrogen (secondary N) is 1. The number of methoxy groups -OCH3 is 2. The molecule has 1 saturated heterocycles. The zero-order valence-electron chi connectivity index (χ0n) is 13.9. The van der Waals surface area contributed by atoms with Crippen LogP contribution in [0.4, 0.5) is 0 Å². The molecule has 2 aliphatic rings. The van der Waals surface area contributed by atoms with Gasteiger partial charge < -0.3 is 19.7 Å². The van der Waals surface area contributed by atoms with Gasteiger partial charge in [-0.3, -0.25) is 4.90 Å². The van der Waals surface area contributed by atoms with Crippen molar-refractivity contribution in [3.05, 3.63) is 23.3 Å². The second-order valence-corrected chi connectivity index (χ2v) is 5.98. The lowest BCUT2D eigenvalue weighted by Gasteiger charge is -2.42. The lowest BCUT2D eigenvalue weighted by Crippen LogP contribution is -2.50. The molecular formula is C17H27N3O2. The van der Waals surface area contributed by atoms with Gasteiger partial charge in [-0.15, -0.1) is 0 Å². The Labute approximate surface area is 133 Å². The quantitative estimate of drug-likeness (QED) is 0.912. The number of piperazine rings is 1. The van der Waals surface area contributed by atoms with E-state index in [4.69, 9.17) is 9.47 Å². The van der Waals surface area contributed by atoms with Crippen molar-refractivity contribution in [3.63, 3.8) is 0 Å². The summed E-state index contributed by atoms with van der Waals surface area (Å²) in [4.78, 5) is 5.09. The first-order valence-electron chi connectivity index (χ1n) is 8.19. The summed E-state index contributed by atoms with van der Waals surface area (Å²) in [5.74, 6) is 1.94. The Hall–Kier alpha value is -1.30. The van der Waals surface area contributed by atoms with Gasteiger partial charge in [0.15, 0.2) is 0 Å². The molecule has 0 unspecified atom stereocenters. The Morgan fingerprint density at radius 1 is 1.09 bits per heavy atom. The first-order valence-corrected chi connectivity index (χ1v) is 8.19. The zero-order chi connectivity index (χ0) is 15.5. The van der Waals surface area contributed by atoms with Crippen molar-refractivity contribution in [2.45, 2.75) is 19.5 Å². The topological polar surface area (TPSA) is 37.0 Å². The average Bonchev–Trinajstić information content (AvgIpc) is 2.60. The van der Waals surface area contributed by atoms with Crippen molar-refractivity contribution in [2.24, 2.45) is 0 Å². The Morgan fingerprint density at radius 2 is 1.77 bits per heavy atom. The molecule has 0 radical (unpaired) electrons. The molecule has 22 heavy (non-hydrogen) atoms. The summed E-state index contributed by atoms with van der Waals surface area (Å²) in [6.45, 7) is 9.72. The first kappa shape index (κ1) is 15.6. The minimum absolute atomic E-state index is 0.368. The van der Waals surface area contributed by atoms with E-state index in [1.807, 2.05) is 12.1 Å². The Kier molecular flexibility index (Phi) is 4.86. The van der Waals surface area contributed by atoms with Crippen molar-refractivity contribution in [1.82, 2.24) is 15.1 Å². The Bertz CT molecular complexity index is 513. The summed E-state index contributed by atoms with van der Waals surface area (Å²) in [6.07, 6.45) is 0. The number of benzene rings is 1. The second-order valence-electron chi connectivity index (χ2n) is 5.98.